The fraction of sp³-hybridized carbons (Fsp3) is 0.300. The summed E-state index contributed by atoms with van der Waals surface area (Å²) >= 11 is 0. The van der Waals surface area contributed by atoms with Crippen LogP contribution in [0.15, 0.2) is 18.2 Å². The second kappa shape index (κ2) is 2.64. The summed E-state index contributed by atoms with van der Waals surface area (Å²) in [7, 11) is 0. The van der Waals surface area contributed by atoms with Crippen LogP contribution in [-0.2, 0) is 4.79 Å². The van der Waals surface area contributed by atoms with Gasteiger partial charge in [0, 0.05) is 11.8 Å². The monoisotopic (exact) mass is 192 g/mol. The number of nitrogen functional groups attached to an aromatic ring is 1. The molecule has 4 heteroatoms. The molecule has 3 N–H and O–H groups in total. The van der Waals surface area contributed by atoms with Crippen LogP contribution in [0.5, 0.6) is 5.75 Å². The van der Waals surface area contributed by atoms with E-state index >= 15 is 0 Å². The molecule has 0 radical (unpaired) electrons. The van der Waals surface area contributed by atoms with E-state index in [0.29, 0.717) is 17.1 Å². The molecule has 0 bridgehead atoms. The van der Waals surface area contributed by atoms with E-state index in [0.717, 1.165) is 0 Å². The lowest BCUT2D eigenvalue weighted by Crippen LogP contribution is -2.45. The van der Waals surface area contributed by atoms with Crippen molar-refractivity contribution in [2.24, 2.45) is 0 Å². The fourth-order valence-corrected chi connectivity index (χ4v) is 1.32. The number of rotatable bonds is 0. The lowest BCUT2D eigenvalue weighted by atomic mass is 10.1. The van der Waals surface area contributed by atoms with E-state index in [9.17, 15) is 4.79 Å². The van der Waals surface area contributed by atoms with Gasteiger partial charge in [-0.05, 0) is 26.0 Å². The number of hydrogen-bond acceptors (Lipinski definition) is 3. The minimum absolute atomic E-state index is 0.144. The number of nitrogens with one attached hydrogen (secondary N) is 1. The van der Waals surface area contributed by atoms with E-state index in [2.05, 4.69) is 5.32 Å². The predicted octanol–water partition coefficient (Wildman–Crippen LogP) is 1.38. The first-order chi connectivity index (χ1) is 6.49. The van der Waals surface area contributed by atoms with E-state index in [1.165, 1.54) is 0 Å². The van der Waals surface area contributed by atoms with Gasteiger partial charge in [0.25, 0.3) is 5.91 Å². The first-order valence-corrected chi connectivity index (χ1v) is 4.39. The Bertz CT molecular complexity index is 399. The van der Waals surface area contributed by atoms with Gasteiger partial charge in [0.15, 0.2) is 5.60 Å². The Balaban J connectivity index is 2.46. The van der Waals surface area contributed by atoms with Crippen LogP contribution in [-0.4, -0.2) is 11.5 Å². The molecule has 1 aliphatic rings. The van der Waals surface area contributed by atoms with Crippen LogP contribution < -0.4 is 15.8 Å². The number of carbonyl (C=O) groups is 1. The minimum Gasteiger partial charge on any atom is -0.476 e. The van der Waals surface area contributed by atoms with Crippen molar-refractivity contribution in [2.75, 3.05) is 11.1 Å². The van der Waals surface area contributed by atoms with Gasteiger partial charge in [0.05, 0.1) is 5.69 Å². The lowest BCUT2D eigenvalue weighted by Gasteiger charge is -2.31. The van der Waals surface area contributed by atoms with Gasteiger partial charge in [0.1, 0.15) is 5.75 Å². The first kappa shape index (κ1) is 8.87. The third-order valence-corrected chi connectivity index (χ3v) is 2.17. The number of benzene rings is 1. The summed E-state index contributed by atoms with van der Waals surface area (Å²) in [6, 6.07) is 5.16. The summed E-state index contributed by atoms with van der Waals surface area (Å²) in [6.45, 7) is 3.43. The highest BCUT2D eigenvalue weighted by atomic mass is 16.5. The van der Waals surface area contributed by atoms with Crippen LogP contribution in [0.4, 0.5) is 11.4 Å². The number of hydrogen-bond donors (Lipinski definition) is 2. The van der Waals surface area contributed by atoms with E-state index in [4.69, 9.17) is 10.5 Å². The second-order valence-corrected chi connectivity index (χ2v) is 3.82. The Labute approximate surface area is 82.1 Å². The number of ether oxygens (including phenoxy) is 1. The third-order valence-electron chi connectivity index (χ3n) is 2.17. The Kier molecular flexibility index (Phi) is 1.67. The molecule has 0 spiro atoms. The van der Waals surface area contributed by atoms with E-state index in [-0.39, 0.29) is 5.91 Å². The van der Waals surface area contributed by atoms with Gasteiger partial charge in [0.2, 0.25) is 0 Å². The fourth-order valence-electron chi connectivity index (χ4n) is 1.32. The van der Waals surface area contributed by atoms with Gasteiger partial charge in [-0.25, -0.2) is 0 Å². The van der Waals surface area contributed by atoms with Gasteiger partial charge >= 0.3 is 0 Å². The van der Waals surface area contributed by atoms with Crippen LogP contribution in [0.25, 0.3) is 0 Å². The molecule has 2 rings (SSSR count). The van der Waals surface area contributed by atoms with Crippen molar-refractivity contribution in [2.45, 2.75) is 19.4 Å². The minimum atomic E-state index is -0.833. The molecule has 0 saturated heterocycles. The Hall–Kier alpha value is -1.71. The van der Waals surface area contributed by atoms with Gasteiger partial charge in [-0.3, -0.25) is 4.79 Å². The lowest BCUT2D eigenvalue weighted by molar-refractivity contribution is -0.129. The van der Waals surface area contributed by atoms with E-state index in [1.54, 1.807) is 32.0 Å². The molecule has 0 aromatic heterocycles. The van der Waals surface area contributed by atoms with Crippen molar-refractivity contribution in [3.05, 3.63) is 18.2 Å². The maximum atomic E-state index is 11.5. The van der Waals surface area contributed by atoms with Crippen LogP contribution in [0, 0.1) is 0 Å². The number of anilines is 2. The maximum absolute atomic E-state index is 11.5. The van der Waals surface area contributed by atoms with Crippen LogP contribution >= 0.6 is 0 Å². The molecule has 1 aromatic carbocycles. The molecule has 0 atom stereocenters. The first-order valence-electron chi connectivity index (χ1n) is 4.39. The van der Waals surface area contributed by atoms with E-state index < -0.39 is 5.60 Å². The van der Waals surface area contributed by atoms with Crippen molar-refractivity contribution in [3.8, 4) is 5.75 Å². The zero-order valence-corrected chi connectivity index (χ0v) is 8.13. The number of nitrogens with two attached hydrogens (primary N) is 1. The largest absolute Gasteiger partial charge is 0.476 e. The zero-order valence-electron chi connectivity index (χ0n) is 8.13. The maximum Gasteiger partial charge on any atom is 0.268 e. The van der Waals surface area contributed by atoms with Crippen molar-refractivity contribution >= 4 is 17.3 Å². The zero-order chi connectivity index (χ0) is 10.3. The Morgan fingerprint density at radius 2 is 2.14 bits per heavy atom. The molecule has 1 aromatic rings. The average Bonchev–Trinajstić information content (AvgIpc) is 2.07. The number of carbonyl (C=O) groups excluding carboxylic acids is 1. The number of fused-ring (bicyclic) bond motifs is 1. The molecule has 14 heavy (non-hydrogen) atoms. The molecular weight excluding hydrogens is 180 g/mol. The molecule has 1 aliphatic heterocycles. The molecule has 0 fully saturated rings. The molecule has 1 heterocycles. The van der Waals surface area contributed by atoms with Gasteiger partial charge in [-0.1, -0.05) is 0 Å². The standard InChI is InChI=1S/C10H12N2O2/c1-10(2)9(13)12-7-4-3-6(11)5-8(7)14-10/h3-5H,11H2,1-2H3,(H,12,13). The Morgan fingerprint density at radius 1 is 1.43 bits per heavy atom. The van der Waals surface area contributed by atoms with Crippen LogP contribution in [0.1, 0.15) is 13.8 Å². The van der Waals surface area contributed by atoms with Crippen molar-refractivity contribution < 1.29 is 9.53 Å². The van der Waals surface area contributed by atoms with Crippen molar-refractivity contribution in [1.82, 2.24) is 0 Å². The normalized spacial score (nSPS) is 18.0. The molecule has 0 unspecified atom stereocenters. The summed E-state index contributed by atoms with van der Waals surface area (Å²) in [6.07, 6.45) is 0. The summed E-state index contributed by atoms with van der Waals surface area (Å²) in [5.74, 6) is 0.476. The van der Waals surface area contributed by atoms with E-state index in [1.807, 2.05) is 0 Å². The summed E-state index contributed by atoms with van der Waals surface area (Å²) < 4.78 is 5.52. The van der Waals surface area contributed by atoms with Crippen molar-refractivity contribution in [3.63, 3.8) is 0 Å². The third kappa shape index (κ3) is 1.28. The van der Waals surface area contributed by atoms with Gasteiger partial charge in [-0.2, -0.15) is 0 Å². The highest BCUT2D eigenvalue weighted by molar-refractivity contribution is 6.00. The van der Waals surface area contributed by atoms with Crippen LogP contribution in [0.3, 0.4) is 0 Å². The van der Waals surface area contributed by atoms with Crippen molar-refractivity contribution in [1.29, 1.82) is 0 Å². The molecule has 0 saturated carbocycles. The molecule has 4 nitrogen and oxygen atoms in total. The highest BCUT2D eigenvalue weighted by Gasteiger charge is 2.35. The summed E-state index contributed by atoms with van der Waals surface area (Å²) in [5, 5.41) is 2.76. The average molecular weight is 192 g/mol. The molecule has 74 valence electrons. The van der Waals surface area contributed by atoms with Gasteiger partial charge in [-0.15, -0.1) is 0 Å². The summed E-state index contributed by atoms with van der Waals surface area (Å²) in [5.41, 5.74) is 6.07. The van der Waals surface area contributed by atoms with Gasteiger partial charge < -0.3 is 15.8 Å². The second-order valence-electron chi connectivity index (χ2n) is 3.82. The predicted molar refractivity (Wildman–Crippen MR) is 54.2 cm³/mol. The SMILES string of the molecule is CC1(C)Oc2cc(N)ccc2NC1=O. The summed E-state index contributed by atoms with van der Waals surface area (Å²) in [4.78, 5) is 11.5. The highest BCUT2D eigenvalue weighted by Crippen LogP contribution is 2.34. The molecule has 0 aliphatic carbocycles. The number of amides is 1. The molecule has 1 amide bonds. The Morgan fingerprint density at radius 3 is 2.86 bits per heavy atom. The molecular formula is C10H12N2O2. The topological polar surface area (TPSA) is 64.3 Å². The smallest absolute Gasteiger partial charge is 0.268 e. The van der Waals surface area contributed by atoms with Crippen LogP contribution in [0.2, 0.25) is 0 Å². The quantitative estimate of drug-likeness (QED) is 0.610.